The van der Waals surface area contributed by atoms with Crippen LogP contribution in [0.1, 0.15) is 21.7 Å². The van der Waals surface area contributed by atoms with Crippen LogP contribution < -0.4 is 5.32 Å². The minimum absolute atomic E-state index is 0.168. The Bertz CT molecular complexity index is 727. The smallest absolute Gasteiger partial charge is 0.290 e. The number of carbonyl (C=O) groups is 2. The Hall–Kier alpha value is -2.21. The zero-order valence-electron chi connectivity index (χ0n) is 13.0. The quantitative estimate of drug-likeness (QED) is 0.939. The lowest BCUT2D eigenvalue weighted by molar-refractivity contribution is -0.119. The van der Waals surface area contributed by atoms with E-state index in [1.54, 1.807) is 28.8 Å². The van der Waals surface area contributed by atoms with Crippen LogP contribution in [0.15, 0.2) is 41.0 Å². The number of nitrogens with one attached hydrogen (secondary N) is 1. The highest BCUT2D eigenvalue weighted by molar-refractivity contribution is 7.99. The van der Waals surface area contributed by atoms with Crippen LogP contribution in [0.25, 0.3) is 0 Å². The molecule has 1 aromatic carbocycles. The van der Waals surface area contributed by atoms with E-state index in [9.17, 15) is 9.59 Å². The molecular formula is C17H18N2O3S. The average Bonchev–Trinajstić information content (AvgIpc) is 3.21. The molecule has 0 saturated carbocycles. The first-order chi connectivity index (χ1) is 11.1. The monoisotopic (exact) mass is 330 g/mol. The molecule has 5 nitrogen and oxygen atoms in total. The van der Waals surface area contributed by atoms with E-state index in [4.69, 9.17) is 4.42 Å². The van der Waals surface area contributed by atoms with E-state index in [0.29, 0.717) is 11.6 Å². The average molecular weight is 330 g/mol. The van der Waals surface area contributed by atoms with E-state index in [1.807, 2.05) is 32.0 Å². The fourth-order valence-corrected chi connectivity index (χ4v) is 3.60. The van der Waals surface area contributed by atoms with Gasteiger partial charge in [-0.3, -0.25) is 9.59 Å². The van der Waals surface area contributed by atoms with E-state index in [0.717, 1.165) is 11.3 Å². The number of amides is 2. The number of nitrogens with zero attached hydrogens (tertiary/aromatic N) is 1. The Morgan fingerprint density at radius 3 is 2.78 bits per heavy atom. The van der Waals surface area contributed by atoms with Crippen LogP contribution in [0.5, 0.6) is 0 Å². The molecule has 0 bridgehead atoms. The summed E-state index contributed by atoms with van der Waals surface area (Å²) in [5, 5.41) is 2.91. The summed E-state index contributed by atoms with van der Waals surface area (Å²) < 4.78 is 5.15. The molecule has 3 rings (SSSR count). The van der Waals surface area contributed by atoms with E-state index >= 15 is 0 Å². The van der Waals surface area contributed by atoms with Gasteiger partial charge in [-0.1, -0.05) is 6.07 Å². The predicted octanol–water partition coefficient (Wildman–Crippen LogP) is 3.05. The molecule has 0 aliphatic carbocycles. The van der Waals surface area contributed by atoms with Crippen molar-refractivity contribution >= 4 is 29.3 Å². The minimum Gasteiger partial charge on any atom is -0.459 e. The van der Waals surface area contributed by atoms with Crippen molar-refractivity contribution in [3.63, 3.8) is 0 Å². The molecule has 1 N–H and O–H groups in total. The van der Waals surface area contributed by atoms with Gasteiger partial charge in [0.05, 0.1) is 12.1 Å². The zero-order chi connectivity index (χ0) is 16.4. The van der Waals surface area contributed by atoms with Gasteiger partial charge < -0.3 is 14.6 Å². The fourth-order valence-electron chi connectivity index (χ4n) is 2.45. The number of hydrogen-bond acceptors (Lipinski definition) is 4. The summed E-state index contributed by atoms with van der Waals surface area (Å²) in [6, 6.07) is 8.58. The molecule has 120 valence electrons. The number of anilines is 1. The highest BCUT2D eigenvalue weighted by Crippen LogP contribution is 2.25. The van der Waals surface area contributed by atoms with Gasteiger partial charge in [-0.25, -0.2) is 0 Å². The van der Waals surface area contributed by atoms with Crippen LogP contribution in [-0.2, 0) is 4.79 Å². The summed E-state index contributed by atoms with van der Waals surface area (Å²) in [6.07, 6.45) is 1.46. The van der Waals surface area contributed by atoms with Gasteiger partial charge in [0.15, 0.2) is 5.76 Å². The Kier molecular flexibility index (Phi) is 4.43. The topological polar surface area (TPSA) is 62.6 Å². The molecule has 1 saturated heterocycles. The van der Waals surface area contributed by atoms with Crippen molar-refractivity contribution in [1.29, 1.82) is 0 Å². The molecule has 1 atom stereocenters. The van der Waals surface area contributed by atoms with E-state index in [1.165, 1.54) is 11.8 Å². The van der Waals surface area contributed by atoms with Gasteiger partial charge in [-0.2, -0.15) is 0 Å². The molecule has 2 aromatic rings. The Morgan fingerprint density at radius 1 is 1.26 bits per heavy atom. The van der Waals surface area contributed by atoms with Gasteiger partial charge >= 0.3 is 0 Å². The molecule has 23 heavy (non-hydrogen) atoms. The molecule has 2 amide bonds. The van der Waals surface area contributed by atoms with Crippen molar-refractivity contribution in [3.05, 3.63) is 53.5 Å². The Morgan fingerprint density at radius 2 is 2.09 bits per heavy atom. The summed E-state index contributed by atoms with van der Waals surface area (Å²) in [5.41, 5.74) is 3.04. The molecule has 1 fully saturated rings. The SMILES string of the molecule is Cc1ccc(NC(=O)C2CSCN2C(=O)c2ccco2)cc1C. The van der Waals surface area contributed by atoms with E-state index < -0.39 is 6.04 Å². The summed E-state index contributed by atoms with van der Waals surface area (Å²) in [4.78, 5) is 26.5. The largest absolute Gasteiger partial charge is 0.459 e. The number of rotatable bonds is 3. The van der Waals surface area contributed by atoms with Crippen LogP contribution in [0.4, 0.5) is 5.69 Å². The minimum atomic E-state index is -0.487. The Balaban J connectivity index is 1.73. The fraction of sp³-hybridized carbons (Fsp3) is 0.294. The maximum atomic E-state index is 12.5. The van der Waals surface area contributed by atoms with Gasteiger partial charge in [0.1, 0.15) is 6.04 Å². The molecule has 1 aliphatic heterocycles. The lowest BCUT2D eigenvalue weighted by Gasteiger charge is -2.22. The molecule has 2 heterocycles. The maximum Gasteiger partial charge on any atom is 0.290 e. The molecule has 1 aromatic heterocycles. The second-order valence-corrected chi connectivity index (χ2v) is 6.56. The molecular weight excluding hydrogens is 312 g/mol. The number of carbonyl (C=O) groups excluding carboxylic acids is 2. The third-order valence-corrected chi connectivity index (χ3v) is 4.96. The summed E-state index contributed by atoms with van der Waals surface area (Å²) in [5.74, 6) is 0.920. The number of furan rings is 1. The number of aryl methyl sites for hydroxylation is 2. The van der Waals surface area contributed by atoms with Crippen LogP contribution in [-0.4, -0.2) is 34.4 Å². The van der Waals surface area contributed by atoms with Crippen LogP contribution in [0.3, 0.4) is 0 Å². The van der Waals surface area contributed by atoms with Gasteiger partial charge in [0, 0.05) is 11.4 Å². The Labute approximate surface area is 139 Å². The summed E-state index contributed by atoms with van der Waals surface area (Å²) >= 11 is 1.56. The lowest BCUT2D eigenvalue weighted by Crippen LogP contribution is -2.44. The van der Waals surface area contributed by atoms with Crippen molar-refractivity contribution in [3.8, 4) is 0 Å². The van der Waals surface area contributed by atoms with E-state index in [2.05, 4.69) is 5.32 Å². The molecule has 6 heteroatoms. The normalized spacial score (nSPS) is 17.3. The van der Waals surface area contributed by atoms with Gasteiger partial charge in [0.25, 0.3) is 5.91 Å². The standard InChI is InChI=1S/C17H18N2O3S/c1-11-5-6-13(8-12(11)2)18-16(20)14-9-23-10-19(14)17(21)15-4-3-7-22-15/h3-8,14H,9-10H2,1-2H3,(H,18,20). The number of hydrogen-bond donors (Lipinski definition) is 1. The summed E-state index contributed by atoms with van der Waals surface area (Å²) in [7, 11) is 0. The predicted molar refractivity (Wildman–Crippen MR) is 90.5 cm³/mol. The van der Waals surface area contributed by atoms with Crippen LogP contribution >= 0.6 is 11.8 Å². The first-order valence-corrected chi connectivity index (χ1v) is 8.52. The first kappa shape index (κ1) is 15.7. The van der Waals surface area contributed by atoms with Crippen molar-refractivity contribution in [2.24, 2.45) is 0 Å². The highest BCUT2D eigenvalue weighted by atomic mass is 32.2. The third kappa shape index (κ3) is 3.27. The van der Waals surface area contributed by atoms with Crippen molar-refractivity contribution in [2.75, 3.05) is 16.9 Å². The third-order valence-electron chi connectivity index (χ3n) is 3.95. The van der Waals surface area contributed by atoms with E-state index in [-0.39, 0.29) is 17.6 Å². The van der Waals surface area contributed by atoms with Crippen molar-refractivity contribution in [1.82, 2.24) is 4.90 Å². The maximum absolute atomic E-state index is 12.5. The van der Waals surface area contributed by atoms with Gasteiger partial charge in [-0.05, 0) is 49.2 Å². The second-order valence-electron chi connectivity index (χ2n) is 5.56. The molecule has 1 aliphatic rings. The lowest BCUT2D eigenvalue weighted by atomic mass is 10.1. The zero-order valence-corrected chi connectivity index (χ0v) is 13.9. The van der Waals surface area contributed by atoms with Crippen molar-refractivity contribution in [2.45, 2.75) is 19.9 Å². The van der Waals surface area contributed by atoms with Crippen LogP contribution in [0, 0.1) is 13.8 Å². The van der Waals surface area contributed by atoms with Crippen LogP contribution in [0.2, 0.25) is 0 Å². The number of benzene rings is 1. The number of thioether (sulfide) groups is 1. The first-order valence-electron chi connectivity index (χ1n) is 7.36. The second kappa shape index (κ2) is 6.50. The highest BCUT2D eigenvalue weighted by Gasteiger charge is 2.36. The molecule has 1 unspecified atom stereocenters. The van der Waals surface area contributed by atoms with Gasteiger partial charge in [-0.15, -0.1) is 11.8 Å². The van der Waals surface area contributed by atoms with Gasteiger partial charge in [0.2, 0.25) is 5.91 Å². The van der Waals surface area contributed by atoms with Crippen molar-refractivity contribution < 1.29 is 14.0 Å². The molecule has 0 spiro atoms. The molecule has 0 radical (unpaired) electrons. The summed E-state index contributed by atoms with van der Waals surface area (Å²) in [6.45, 7) is 4.03.